The molecule has 1 aromatic rings. The van der Waals surface area contributed by atoms with Gasteiger partial charge in [0.1, 0.15) is 5.56 Å². The molecule has 1 fully saturated rings. The summed E-state index contributed by atoms with van der Waals surface area (Å²) in [6, 6.07) is 0. The van der Waals surface area contributed by atoms with Gasteiger partial charge in [-0.3, -0.25) is 9.59 Å². The number of nitrogens with zero attached hydrogens (tertiary/aromatic N) is 2. The number of carbonyl (C=O) groups excluding carboxylic acids is 2. The summed E-state index contributed by atoms with van der Waals surface area (Å²) in [4.78, 5) is 36.1. The number of aromatic nitrogens is 2. The van der Waals surface area contributed by atoms with E-state index in [1.807, 2.05) is 0 Å². The van der Waals surface area contributed by atoms with Crippen LogP contribution in [0.2, 0.25) is 0 Å². The van der Waals surface area contributed by atoms with Crippen molar-refractivity contribution < 1.29 is 14.3 Å². The molecule has 1 aliphatic carbocycles. The molecule has 1 aliphatic rings. The minimum Gasteiger partial charge on any atom is -0.452 e. The lowest BCUT2D eigenvalue weighted by Gasteiger charge is -2.21. The Morgan fingerprint density at radius 1 is 1.24 bits per heavy atom. The number of ether oxygens (including phenoxy) is 1. The van der Waals surface area contributed by atoms with Gasteiger partial charge in [-0.25, -0.2) is 9.48 Å². The number of nitrogens with one attached hydrogen (secondary N) is 1. The Balaban J connectivity index is 1.81. The third-order valence-electron chi connectivity index (χ3n) is 4.86. The highest BCUT2D eigenvalue weighted by Crippen LogP contribution is 2.25. The minimum atomic E-state index is -0.786. The average molecular weight is 349 g/mol. The van der Waals surface area contributed by atoms with Gasteiger partial charge in [0.2, 0.25) is 0 Å². The van der Waals surface area contributed by atoms with Crippen LogP contribution in [0.15, 0.2) is 4.79 Å². The standard InChI is InChI=1S/C18H27N3O4/c1-12-13(2)20-21(3)17(23)16(12)18(24)25-11-15(22)19-10-9-14-7-5-4-6-8-14/h14H,4-11H2,1-3H3,(H,19,22). The molecule has 0 unspecified atom stereocenters. The molecule has 0 spiro atoms. The predicted octanol–water partition coefficient (Wildman–Crippen LogP) is 1.64. The highest BCUT2D eigenvalue weighted by atomic mass is 16.5. The summed E-state index contributed by atoms with van der Waals surface area (Å²) >= 11 is 0. The van der Waals surface area contributed by atoms with Crippen molar-refractivity contribution in [2.45, 2.75) is 52.4 Å². The zero-order valence-corrected chi connectivity index (χ0v) is 15.3. The molecule has 0 saturated heterocycles. The first-order valence-corrected chi connectivity index (χ1v) is 8.88. The first kappa shape index (κ1) is 19.1. The SMILES string of the molecule is Cc1nn(C)c(=O)c(C(=O)OCC(=O)NCCC2CCCCC2)c1C. The highest BCUT2D eigenvalue weighted by Gasteiger charge is 2.20. The molecule has 0 aliphatic heterocycles. The lowest BCUT2D eigenvalue weighted by atomic mass is 9.87. The van der Waals surface area contributed by atoms with Crippen molar-refractivity contribution >= 4 is 11.9 Å². The van der Waals surface area contributed by atoms with E-state index in [1.165, 1.54) is 39.2 Å². The summed E-state index contributed by atoms with van der Waals surface area (Å²) in [5, 5.41) is 6.79. The topological polar surface area (TPSA) is 90.3 Å². The molecule has 2 rings (SSSR count). The summed E-state index contributed by atoms with van der Waals surface area (Å²) in [7, 11) is 1.48. The number of carbonyl (C=O) groups is 2. The zero-order valence-electron chi connectivity index (χ0n) is 15.3. The molecule has 1 N–H and O–H groups in total. The molecule has 0 atom stereocenters. The van der Waals surface area contributed by atoms with Gasteiger partial charge in [-0.05, 0) is 31.7 Å². The van der Waals surface area contributed by atoms with Crippen LogP contribution in [0.5, 0.6) is 0 Å². The first-order valence-electron chi connectivity index (χ1n) is 8.88. The summed E-state index contributed by atoms with van der Waals surface area (Å²) in [5.74, 6) is -0.447. The van der Waals surface area contributed by atoms with Crippen LogP contribution >= 0.6 is 0 Å². The van der Waals surface area contributed by atoms with Crippen LogP contribution in [0.25, 0.3) is 0 Å². The number of aryl methyl sites for hydroxylation is 2. The van der Waals surface area contributed by atoms with Crippen molar-refractivity contribution in [2.75, 3.05) is 13.2 Å². The molecule has 1 aromatic heterocycles. The molecular weight excluding hydrogens is 322 g/mol. The van der Waals surface area contributed by atoms with Gasteiger partial charge in [0.25, 0.3) is 11.5 Å². The van der Waals surface area contributed by atoms with E-state index in [0.717, 1.165) is 11.1 Å². The Kier molecular flexibility index (Phi) is 6.73. The van der Waals surface area contributed by atoms with Crippen LogP contribution in [0, 0.1) is 19.8 Å². The van der Waals surface area contributed by atoms with Gasteiger partial charge >= 0.3 is 5.97 Å². The van der Waals surface area contributed by atoms with E-state index in [1.54, 1.807) is 13.8 Å². The van der Waals surface area contributed by atoms with E-state index >= 15 is 0 Å². The molecule has 0 radical (unpaired) electrons. The summed E-state index contributed by atoms with van der Waals surface area (Å²) in [6.45, 7) is 3.57. The van der Waals surface area contributed by atoms with E-state index < -0.39 is 11.5 Å². The lowest BCUT2D eigenvalue weighted by molar-refractivity contribution is -0.124. The zero-order chi connectivity index (χ0) is 18.4. The second kappa shape index (κ2) is 8.78. The quantitative estimate of drug-likeness (QED) is 0.789. The molecule has 0 bridgehead atoms. The van der Waals surface area contributed by atoms with Crippen LogP contribution in [0.1, 0.15) is 60.1 Å². The van der Waals surface area contributed by atoms with Gasteiger partial charge < -0.3 is 10.1 Å². The van der Waals surface area contributed by atoms with Crippen molar-refractivity contribution in [1.82, 2.24) is 15.1 Å². The summed E-state index contributed by atoms with van der Waals surface area (Å²) in [6.07, 6.45) is 7.28. The van der Waals surface area contributed by atoms with Crippen LogP contribution in [0.4, 0.5) is 0 Å². The van der Waals surface area contributed by atoms with Gasteiger partial charge in [-0.15, -0.1) is 0 Å². The highest BCUT2D eigenvalue weighted by molar-refractivity contribution is 5.92. The average Bonchev–Trinajstić information content (AvgIpc) is 2.59. The Hall–Kier alpha value is -2.18. The van der Waals surface area contributed by atoms with Crippen molar-refractivity contribution in [1.29, 1.82) is 0 Å². The largest absolute Gasteiger partial charge is 0.452 e. The number of hydrogen-bond acceptors (Lipinski definition) is 5. The first-order chi connectivity index (χ1) is 11.9. The fourth-order valence-corrected chi connectivity index (χ4v) is 3.23. The molecule has 0 aromatic carbocycles. The second-order valence-corrected chi connectivity index (χ2v) is 6.73. The maximum atomic E-state index is 12.2. The predicted molar refractivity (Wildman–Crippen MR) is 93.4 cm³/mol. The lowest BCUT2D eigenvalue weighted by Crippen LogP contribution is -2.33. The van der Waals surface area contributed by atoms with Crippen LogP contribution < -0.4 is 10.9 Å². The minimum absolute atomic E-state index is 0.0648. The number of esters is 1. The number of amides is 1. The van der Waals surface area contributed by atoms with Crippen LogP contribution in [-0.2, 0) is 16.6 Å². The van der Waals surface area contributed by atoms with Gasteiger partial charge in [-0.2, -0.15) is 5.10 Å². The van der Waals surface area contributed by atoms with Crippen LogP contribution in [-0.4, -0.2) is 34.8 Å². The Bertz CT molecular complexity index is 690. The Morgan fingerprint density at radius 3 is 2.60 bits per heavy atom. The van der Waals surface area contributed by atoms with Crippen molar-refractivity contribution in [3.8, 4) is 0 Å². The van der Waals surface area contributed by atoms with E-state index in [-0.39, 0.29) is 18.1 Å². The fraction of sp³-hybridized carbons (Fsp3) is 0.667. The Labute approximate surface area is 147 Å². The molecular formula is C18H27N3O4. The van der Waals surface area contributed by atoms with Gasteiger partial charge in [0, 0.05) is 13.6 Å². The number of hydrogen-bond donors (Lipinski definition) is 1. The Morgan fingerprint density at radius 2 is 1.92 bits per heavy atom. The van der Waals surface area contributed by atoms with Crippen molar-refractivity contribution in [2.24, 2.45) is 13.0 Å². The van der Waals surface area contributed by atoms with Gasteiger partial charge in [-0.1, -0.05) is 32.1 Å². The van der Waals surface area contributed by atoms with E-state index in [0.29, 0.717) is 23.7 Å². The van der Waals surface area contributed by atoms with Crippen molar-refractivity contribution in [3.05, 3.63) is 27.2 Å². The molecule has 7 nitrogen and oxygen atoms in total. The molecule has 7 heteroatoms. The van der Waals surface area contributed by atoms with E-state index in [9.17, 15) is 14.4 Å². The maximum absolute atomic E-state index is 12.2. The normalized spacial score (nSPS) is 15.0. The molecule has 1 heterocycles. The van der Waals surface area contributed by atoms with Crippen molar-refractivity contribution in [3.63, 3.8) is 0 Å². The maximum Gasteiger partial charge on any atom is 0.344 e. The monoisotopic (exact) mass is 349 g/mol. The number of rotatable bonds is 6. The molecule has 1 amide bonds. The van der Waals surface area contributed by atoms with Gasteiger partial charge in [0.15, 0.2) is 6.61 Å². The third kappa shape index (κ3) is 5.14. The van der Waals surface area contributed by atoms with E-state index in [2.05, 4.69) is 10.4 Å². The fourth-order valence-electron chi connectivity index (χ4n) is 3.23. The van der Waals surface area contributed by atoms with E-state index in [4.69, 9.17) is 4.74 Å². The van der Waals surface area contributed by atoms with Crippen LogP contribution in [0.3, 0.4) is 0 Å². The molecule has 1 saturated carbocycles. The van der Waals surface area contributed by atoms with Gasteiger partial charge in [0.05, 0.1) is 5.69 Å². The second-order valence-electron chi connectivity index (χ2n) is 6.73. The molecule has 25 heavy (non-hydrogen) atoms. The molecule has 138 valence electrons. The summed E-state index contributed by atoms with van der Waals surface area (Å²) < 4.78 is 6.11. The third-order valence-corrected chi connectivity index (χ3v) is 4.86. The summed E-state index contributed by atoms with van der Waals surface area (Å²) in [5.41, 5.74) is 0.465. The smallest absolute Gasteiger partial charge is 0.344 e.